The molecule has 0 fully saturated rings. The van der Waals surface area contributed by atoms with Crippen LogP contribution in [0.1, 0.15) is 21.5 Å². The molecule has 1 aromatic heterocycles. The van der Waals surface area contributed by atoms with E-state index in [0.717, 1.165) is 11.3 Å². The van der Waals surface area contributed by atoms with Crippen molar-refractivity contribution in [3.63, 3.8) is 0 Å². The predicted octanol–water partition coefficient (Wildman–Crippen LogP) is 4.82. The molecule has 4 aromatic rings. The molecule has 7 nitrogen and oxygen atoms in total. The minimum atomic E-state index is -4.47. The van der Waals surface area contributed by atoms with Crippen molar-refractivity contribution >= 4 is 43.0 Å². The normalized spacial score (nSPS) is 11.8. The van der Waals surface area contributed by atoms with Gasteiger partial charge in [0.05, 0.1) is 16.1 Å². The van der Waals surface area contributed by atoms with E-state index < -0.39 is 26.0 Å². The maximum absolute atomic E-state index is 13.6. The smallest absolute Gasteiger partial charge is 0.335 e. The summed E-state index contributed by atoms with van der Waals surface area (Å²) in [6, 6.07) is 23.2. The zero-order valence-corrected chi connectivity index (χ0v) is 20.8. The quantitative estimate of drug-likeness (QED) is 0.334. The van der Waals surface area contributed by atoms with E-state index >= 15 is 0 Å². The van der Waals surface area contributed by atoms with Crippen LogP contribution in [-0.2, 0) is 32.9 Å². The maximum Gasteiger partial charge on any atom is 0.335 e. The largest absolute Gasteiger partial charge is 0.478 e. The van der Waals surface area contributed by atoms with Crippen molar-refractivity contribution in [1.82, 2.24) is 0 Å². The van der Waals surface area contributed by atoms with E-state index in [1.54, 1.807) is 47.8 Å². The highest BCUT2D eigenvalue weighted by molar-refractivity contribution is 8.11. The highest BCUT2D eigenvalue weighted by atomic mass is 32.3. The van der Waals surface area contributed by atoms with Crippen LogP contribution in [-0.4, -0.2) is 27.9 Å². The number of hydrogen-bond donors (Lipinski definition) is 1. The maximum atomic E-state index is 13.6. The van der Waals surface area contributed by atoms with Crippen molar-refractivity contribution in [1.29, 1.82) is 0 Å². The van der Waals surface area contributed by atoms with Crippen LogP contribution < -0.4 is 3.71 Å². The van der Waals surface area contributed by atoms with E-state index in [1.165, 1.54) is 48.5 Å². The van der Waals surface area contributed by atoms with Gasteiger partial charge in [-0.25, -0.2) is 13.2 Å². The fourth-order valence-corrected chi connectivity index (χ4v) is 8.53. The summed E-state index contributed by atoms with van der Waals surface area (Å²) in [6.45, 7) is 0. The fraction of sp³-hybridized carbons (Fsp3) is 0.0800. The Bertz CT molecular complexity index is 1550. The SMILES string of the molecule is O=C(O)c1ccccc1CCc1cccc(N(S(=O)(=O)c2ccccc2)S(=O)(=O)c2cccs2)c1. The van der Waals surface area contributed by atoms with Crippen LogP contribution in [0, 0.1) is 0 Å². The molecule has 3 aromatic carbocycles. The summed E-state index contributed by atoms with van der Waals surface area (Å²) >= 11 is 0.931. The summed E-state index contributed by atoms with van der Waals surface area (Å²) in [6.07, 6.45) is 0.769. The lowest BCUT2D eigenvalue weighted by molar-refractivity contribution is 0.0695. The van der Waals surface area contributed by atoms with Crippen LogP contribution >= 0.6 is 11.3 Å². The third-order valence-corrected chi connectivity index (χ3v) is 10.8. The summed E-state index contributed by atoms with van der Waals surface area (Å²) < 4.78 is 54.5. The number of nitrogens with zero attached hydrogens (tertiary/aromatic N) is 1. The first kappa shape index (κ1) is 24.6. The number of benzene rings is 3. The Morgan fingerprint density at radius 3 is 2.17 bits per heavy atom. The van der Waals surface area contributed by atoms with Gasteiger partial charge in [-0.1, -0.05) is 54.6 Å². The van der Waals surface area contributed by atoms with Crippen LogP contribution in [0.2, 0.25) is 0 Å². The van der Waals surface area contributed by atoms with Crippen LogP contribution in [0.5, 0.6) is 0 Å². The molecule has 0 aliphatic rings. The molecule has 180 valence electrons. The van der Waals surface area contributed by atoms with Crippen LogP contribution in [0.4, 0.5) is 5.69 Å². The Morgan fingerprint density at radius 1 is 0.771 bits per heavy atom. The summed E-state index contributed by atoms with van der Waals surface area (Å²) in [5.41, 5.74) is 1.46. The lowest BCUT2D eigenvalue weighted by Crippen LogP contribution is -2.36. The van der Waals surface area contributed by atoms with Gasteiger partial charge in [0.1, 0.15) is 4.21 Å². The molecule has 0 saturated carbocycles. The van der Waals surface area contributed by atoms with Gasteiger partial charge in [-0.15, -0.1) is 11.3 Å². The minimum Gasteiger partial charge on any atom is -0.478 e. The second-order valence-electron chi connectivity index (χ2n) is 7.58. The lowest BCUT2D eigenvalue weighted by Gasteiger charge is -2.24. The molecule has 0 radical (unpaired) electrons. The van der Waals surface area contributed by atoms with Gasteiger partial charge in [0, 0.05) is 0 Å². The summed E-state index contributed by atoms with van der Waals surface area (Å²) in [7, 11) is -8.90. The monoisotopic (exact) mass is 527 g/mol. The summed E-state index contributed by atoms with van der Waals surface area (Å²) in [5, 5.41) is 11.0. The van der Waals surface area contributed by atoms with Gasteiger partial charge >= 0.3 is 5.97 Å². The Kier molecular flexibility index (Phi) is 7.06. The minimum absolute atomic E-state index is 0.0220. The highest BCUT2D eigenvalue weighted by Crippen LogP contribution is 2.33. The second kappa shape index (κ2) is 10.0. The number of hydrogen-bond acceptors (Lipinski definition) is 6. The van der Waals surface area contributed by atoms with E-state index in [9.17, 15) is 26.7 Å². The number of aryl methyl sites for hydroxylation is 2. The van der Waals surface area contributed by atoms with Crippen molar-refractivity contribution in [2.75, 3.05) is 3.71 Å². The first-order valence-corrected chi connectivity index (χ1v) is 14.3. The molecular formula is C25H21NO6S3. The molecule has 4 rings (SSSR count). The van der Waals surface area contributed by atoms with Gasteiger partial charge in [0.25, 0.3) is 20.0 Å². The number of sulfonamides is 2. The standard InChI is InChI=1S/C25H21NO6S3/c27-25(28)23-13-5-4-9-20(23)16-15-19-8-6-10-21(18-19)26(35(31,32)24-14-7-17-33-24)34(29,30)22-11-2-1-3-12-22/h1-14,17-18H,15-16H2,(H,27,28). The van der Waals surface area contributed by atoms with E-state index in [-0.39, 0.29) is 20.4 Å². The molecule has 35 heavy (non-hydrogen) atoms. The first-order valence-electron chi connectivity index (χ1n) is 10.5. The average molecular weight is 528 g/mol. The highest BCUT2D eigenvalue weighted by Gasteiger charge is 2.37. The van der Waals surface area contributed by atoms with E-state index in [4.69, 9.17) is 0 Å². The molecular weight excluding hydrogens is 506 g/mol. The van der Waals surface area contributed by atoms with E-state index in [0.29, 0.717) is 27.7 Å². The van der Waals surface area contributed by atoms with Gasteiger partial charge in [0.2, 0.25) is 0 Å². The molecule has 0 unspecified atom stereocenters. The van der Waals surface area contributed by atoms with Gasteiger partial charge in [-0.2, -0.15) is 12.1 Å². The van der Waals surface area contributed by atoms with Crippen molar-refractivity contribution in [2.45, 2.75) is 21.9 Å². The summed E-state index contributed by atoms with van der Waals surface area (Å²) in [4.78, 5) is 11.4. The number of anilines is 1. The topological polar surface area (TPSA) is 109 Å². The lowest BCUT2D eigenvalue weighted by atomic mass is 10.00. The molecule has 0 spiro atoms. The number of carbonyl (C=O) groups is 1. The Balaban J connectivity index is 1.76. The Labute approximate surface area is 208 Å². The van der Waals surface area contributed by atoms with Crippen LogP contribution in [0.15, 0.2) is 105 Å². The number of carboxylic acids is 1. The van der Waals surface area contributed by atoms with Crippen molar-refractivity contribution < 1.29 is 26.7 Å². The number of carboxylic acid groups (broad SMARTS) is 1. The van der Waals surface area contributed by atoms with Gasteiger partial charge in [-0.3, -0.25) is 0 Å². The molecule has 10 heteroatoms. The summed E-state index contributed by atoms with van der Waals surface area (Å²) in [5.74, 6) is -1.03. The van der Waals surface area contributed by atoms with E-state index in [2.05, 4.69) is 0 Å². The van der Waals surface area contributed by atoms with E-state index in [1.807, 2.05) is 0 Å². The second-order valence-corrected chi connectivity index (χ2v) is 12.6. The molecule has 0 saturated heterocycles. The fourth-order valence-electron chi connectivity index (χ4n) is 3.64. The molecule has 1 heterocycles. The van der Waals surface area contributed by atoms with Crippen molar-refractivity contribution in [2.24, 2.45) is 0 Å². The van der Waals surface area contributed by atoms with Crippen molar-refractivity contribution in [3.8, 4) is 0 Å². The van der Waals surface area contributed by atoms with Gasteiger partial charge < -0.3 is 5.11 Å². The van der Waals surface area contributed by atoms with Crippen LogP contribution in [0.25, 0.3) is 0 Å². The average Bonchev–Trinajstić information content (AvgIpc) is 3.40. The zero-order chi connectivity index (χ0) is 25.1. The predicted molar refractivity (Wildman–Crippen MR) is 135 cm³/mol. The molecule has 0 amide bonds. The molecule has 0 aliphatic carbocycles. The molecule has 0 aliphatic heterocycles. The number of rotatable bonds is 9. The number of thiophene rings is 1. The third kappa shape index (κ3) is 5.14. The molecule has 1 N–H and O–H groups in total. The van der Waals surface area contributed by atoms with Gasteiger partial charge in [0.15, 0.2) is 0 Å². The first-order chi connectivity index (χ1) is 16.7. The number of aromatic carboxylic acids is 1. The Hall–Kier alpha value is -3.47. The molecule has 0 bridgehead atoms. The Morgan fingerprint density at radius 2 is 1.49 bits per heavy atom. The van der Waals surface area contributed by atoms with Gasteiger partial charge in [-0.05, 0) is 65.7 Å². The molecule has 0 atom stereocenters. The van der Waals surface area contributed by atoms with Crippen molar-refractivity contribution in [3.05, 3.63) is 113 Å². The third-order valence-electron chi connectivity index (χ3n) is 5.28. The zero-order valence-electron chi connectivity index (χ0n) is 18.3. The van der Waals surface area contributed by atoms with Crippen LogP contribution in [0.3, 0.4) is 0 Å².